The fourth-order valence-electron chi connectivity index (χ4n) is 3.49. The van der Waals surface area contributed by atoms with Crippen LogP contribution in [0.1, 0.15) is 58.8 Å². The summed E-state index contributed by atoms with van der Waals surface area (Å²) in [4.78, 5) is 29.9. The number of nitrogens with one attached hydrogen (secondary N) is 1. The van der Waals surface area contributed by atoms with Crippen LogP contribution in [0, 0.1) is 6.92 Å². The van der Waals surface area contributed by atoms with Crippen molar-refractivity contribution in [3.8, 4) is 0 Å². The molecule has 3 rings (SSSR count). The van der Waals surface area contributed by atoms with E-state index in [1.54, 1.807) is 0 Å². The van der Waals surface area contributed by atoms with Gasteiger partial charge in [0.2, 0.25) is 0 Å². The van der Waals surface area contributed by atoms with E-state index in [2.05, 4.69) is 4.98 Å². The Balaban J connectivity index is 1.90. The molecule has 1 amide bonds. The quantitative estimate of drug-likeness (QED) is 0.861. The Morgan fingerprint density at radius 2 is 1.90 bits per heavy atom. The van der Waals surface area contributed by atoms with Crippen LogP contribution in [0.25, 0.3) is 0 Å². The van der Waals surface area contributed by atoms with Gasteiger partial charge in [0.1, 0.15) is 5.69 Å². The predicted molar refractivity (Wildman–Crippen MR) is 78.7 cm³/mol. The Bertz CT molecular complexity index is 581. The number of H-pyrrole nitrogens is 1. The summed E-state index contributed by atoms with van der Waals surface area (Å²) < 4.78 is 5.67. The molecule has 1 fully saturated rings. The average Bonchev–Trinajstić information content (AvgIpc) is 2.75. The van der Waals surface area contributed by atoms with Gasteiger partial charge in [-0.25, -0.2) is 0 Å². The summed E-state index contributed by atoms with van der Waals surface area (Å²) >= 11 is 0. The van der Waals surface area contributed by atoms with E-state index in [4.69, 9.17) is 4.74 Å². The third-order valence-corrected chi connectivity index (χ3v) is 4.36. The minimum atomic E-state index is -0.0169. The van der Waals surface area contributed by atoms with Crippen LogP contribution < -0.4 is 0 Å². The number of carbonyl (C=O) groups is 2. The lowest BCUT2D eigenvalue weighted by Crippen LogP contribution is -2.48. The number of Topliss-reactive ketones (excluding diaryl/α,β-unsaturated/α-hetero) is 1. The van der Waals surface area contributed by atoms with E-state index in [0.29, 0.717) is 25.2 Å². The number of aromatic amines is 1. The van der Waals surface area contributed by atoms with Gasteiger partial charge in [-0.15, -0.1) is 0 Å². The standard InChI is InChI=1S/C16H22N2O3/c1-9-7-18(8-10(2)21-9)16(20)15-11(3)14-12(17-15)5-4-6-13(14)19/h9-10,17H,4-8H2,1-3H3. The molecule has 0 aromatic carbocycles. The molecule has 2 aliphatic rings. The van der Waals surface area contributed by atoms with E-state index in [9.17, 15) is 9.59 Å². The van der Waals surface area contributed by atoms with Gasteiger partial charge in [-0.1, -0.05) is 0 Å². The van der Waals surface area contributed by atoms with Gasteiger partial charge in [-0.05, 0) is 39.2 Å². The molecule has 1 aromatic rings. The molecular weight excluding hydrogens is 268 g/mol. The number of hydrogen-bond acceptors (Lipinski definition) is 3. The van der Waals surface area contributed by atoms with E-state index in [-0.39, 0.29) is 23.9 Å². The minimum Gasteiger partial charge on any atom is -0.372 e. The lowest BCUT2D eigenvalue weighted by Gasteiger charge is -2.35. The lowest BCUT2D eigenvalue weighted by molar-refractivity contribution is -0.0587. The molecule has 1 aromatic heterocycles. The van der Waals surface area contributed by atoms with Gasteiger partial charge in [0.15, 0.2) is 5.78 Å². The van der Waals surface area contributed by atoms with Gasteiger partial charge in [0.05, 0.1) is 12.2 Å². The molecule has 21 heavy (non-hydrogen) atoms. The number of hydrogen-bond donors (Lipinski definition) is 1. The zero-order chi connectivity index (χ0) is 15.1. The van der Waals surface area contributed by atoms with Crippen molar-refractivity contribution >= 4 is 11.7 Å². The maximum absolute atomic E-state index is 12.8. The molecular formula is C16H22N2O3. The molecule has 0 radical (unpaired) electrons. The summed E-state index contributed by atoms with van der Waals surface area (Å²) in [6.45, 7) is 7.03. The summed E-state index contributed by atoms with van der Waals surface area (Å²) in [7, 11) is 0. The predicted octanol–water partition coefficient (Wildman–Crippen LogP) is 2.09. The van der Waals surface area contributed by atoms with Crippen LogP contribution in [0.5, 0.6) is 0 Å². The highest BCUT2D eigenvalue weighted by molar-refractivity contribution is 6.04. The van der Waals surface area contributed by atoms with Crippen molar-refractivity contribution in [2.24, 2.45) is 0 Å². The van der Waals surface area contributed by atoms with Crippen LogP contribution in [-0.4, -0.2) is 46.9 Å². The monoisotopic (exact) mass is 290 g/mol. The second-order valence-electron chi connectivity index (χ2n) is 6.22. The highest BCUT2D eigenvalue weighted by Gasteiger charge is 2.31. The van der Waals surface area contributed by atoms with Crippen LogP contribution in [0.3, 0.4) is 0 Å². The summed E-state index contributed by atoms with van der Waals surface area (Å²) in [5.74, 6) is 0.143. The molecule has 114 valence electrons. The van der Waals surface area contributed by atoms with Crippen molar-refractivity contribution in [3.05, 3.63) is 22.5 Å². The van der Waals surface area contributed by atoms with Crippen LogP contribution in [0.4, 0.5) is 0 Å². The number of ether oxygens (including phenoxy) is 1. The number of ketones is 1. The van der Waals surface area contributed by atoms with E-state index in [1.165, 1.54) is 0 Å². The van der Waals surface area contributed by atoms with Crippen LogP contribution in [-0.2, 0) is 11.2 Å². The number of nitrogens with zero attached hydrogens (tertiary/aromatic N) is 1. The maximum Gasteiger partial charge on any atom is 0.270 e. The molecule has 5 heteroatoms. The van der Waals surface area contributed by atoms with Gasteiger partial charge < -0.3 is 14.6 Å². The zero-order valence-electron chi connectivity index (χ0n) is 12.9. The largest absolute Gasteiger partial charge is 0.372 e. The fourth-order valence-corrected chi connectivity index (χ4v) is 3.49. The second kappa shape index (κ2) is 5.30. The van der Waals surface area contributed by atoms with Gasteiger partial charge in [-0.3, -0.25) is 9.59 Å². The molecule has 1 aliphatic heterocycles. The zero-order valence-corrected chi connectivity index (χ0v) is 12.9. The van der Waals surface area contributed by atoms with Crippen molar-refractivity contribution in [2.45, 2.75) is 52.2 Å². The van der Waals surface area contributed by atoms with Crippen molar-refractivity contribution in [3.63, 3.8) is 0 Å². The molecule has 0 saturated carbocycles. The van der Waals surface area contributed by atoms with E-state index in [0.717, 1.165) is 29.7 Å². The van der Waals surface area contributed by atoms with E-state index in [1.807, 2.05) is 25.7 Å². The Kier molecular flexibility index (Phi) is 3.61. The molecule has 1 N–H and O–H groups in total. The number of morpholine rings is 1. The van der Waals surface area contributed by atoms with E-state index >= 15 is 0 Å². The fraction of sp³-hybridized carbons (Fsp3) is 0.625. The SMILES string of the molecule is Cc1c(C(=O)N2CC(C)OC(C)C2)[nH]c2c1C(=O)CCC2. The number of aryl methyl sites for hydroxylation is 1. The van der Waals surface area contributed by atoms with Crippen molar-refractivity contribution < 1.29 is 14.3 Å². The Morgan fingerprint density at radius 3 is 2.52 bits per heavy atom. The van der Waals surface area contributed by atoms with Gasteiger partial charge in [0.25, 0.3) is 5.91 Å². The number of carbonyl (C=O) groups excluding carboxylic acids is 2. The van der Waals surface area contributed by atoms with E-state index < -0.39 is 0 Å². The average molecular weight is 290 g/mol. The molecule has 5 nitrogen and oxygen atoms in total. The molecule has 2 heterocycles. The van der Waals surface area contributed by atoms with Gasteiger partial charge in [-0.2, -0.15) is 0 Å². The third kappa shape index (κ3) is 2.50. The second-order valence-corrected chi connectivity index (χ2v) is 6.22. The highest BCUT2D eigenvalue weighted by Crippen LogP contribution is 2.27. The molecule has 0 spiro atoms. The third-order valence-electron chi connectivity index (χ3n) is 4.36. The smallest absolute Gasteiger partial charge is 0.270 e. The summed E-state index contributed by atoms with van der Waals surface area (Å²) in [5, 5.41) is 0. The first-order chi connectivity index (χ1) is 9.97. The topological polar surface area (TPSA) is 62.4 Å². The molecule has 0 bridgehead atoms. The van der Waals surface area contributed by atoms with Crippen molar-refractivity contribution in [2.75, 3.05) is 13.1 Å². The van der Waals surface area contributed by atoms with Crippen LogP contribution in [0.2, 0.25) is 0 Å². The first-order valence-electron chi connectivity index (χ1n) is 7.66. The number of amides is 1. The van der Waals surface area contributed by atoms with Crippen molar-refractivity contribution in [1.82, 2.24) is 9.88 Å². The van der Waals surface area contributed by atoms with Gasteiger partial charge >= 0.3 is 0 Å². The number of rotatable bonds is 1. The molecule has 1 saturated heterocycles. The van der Waals surface area contributed by atoms with Crippen LogP contribution in [0.15, 0.2) is 0 Å². The highest BCUT2D eigenvalue weighted by atomic mass is 16.5. The Hall–Kier alpha value is -1.62. The lowest BCUT2D eigenvalue weighted by atomic mass is 9.93. The first kappa shape index (κ1) is 14.3. The minimum absolute atomic E-state index is 0.0169. The summed E-state index contributed by atoms with van der Waals surface area (Å²) in [6.07, 6.45) is 2.40. The number of aromatic nitrogens is 1. The Labute approximate surface area is 124 Å². The maximum atomic E-state index is 12.8. The number of fused-ring (bicyclic) bond motifs is 1. The Morgan fingerprint density at radius 1 is 1.24 bits per heavy atom. The van der Waals surface area contributed by atoms with Crippen LogP contribution >= 0.6 is 0 Å². The van der Waals surface area contributed by atoms with Crippen molar-refractivity contribution in [1.29, 1.82) is 0 Å². The molecule has 2 unspecified atom stereocenters. The first-order valence-corrected chi connectivity index (χ1v) is 7.66. The summed E-state index contributed by atoms with van der Waals surface area (Å²) in [6, 6.07) is 0. The summed E-state index contributed by atoms with van der Waals surface area (Å²) in [5.41, 5.74) is 3.07. The molecule has 2 atom stereocenters. The van der Waals surface area contributed by atoms with Gasteiger partial charge in [0, 0.05) is 30.8 Å². The molecule has 1 aliphatic carbocycles. The normalized spacial score (nSPS) is 25.9.